The fourth-order valence-electron chi connectivity index (χ4n) is 2.45. The summed E-state index contributed by atoms with van der Waals surface area (Å²) in [6, 6.07) is 7.24. The quantitative estimate of drug-likeness (QED) is 0.846. The van der Waals surface area contributed by atoms with Gasteiger partial charge in [-0.05, 0) is 38.6 Å². The van der Waals surface area contributed by atoms with Crippen LogP contribution in [0, 0.1) is 6.92 Å². The molecule has 1 heterocycles. The minimum absolute atomic E-state index is 0.721. The Kier molecular flexibility index (Phi) is 4.23. The molecule has 0 aliphatic carbocycles. The van der Waals surface area contributed by atoms with E-state index < -0.39 is 0 Å². The maximum atomic E-state index is 3.69. The second-order valence-corrected chi connectivity index (χ2v) is 5.98. The molecule has 2 nitrogen and oxygen atoms in total. The zero-order chi connectivity index (χ0) is 12.4. The van der Waals surface area contributed by atoms with E-state index in [0.29, 0.717) is 0 Å². The van der Waals surface area contributed by atoms with Gasteiger partial charge in [-0.1, -0.05) is 34.1 Å². The van der Waals surface area contributed by atoms with Gasteiger partial charge < -0.3 is 4.90 Å². The Morgan fingerprint density at radius 2 is 2.18 bits per heavy atom. The topological polar surface area (TPSA) is 6.48 Å². The number of likely N-dealkylation sites (tertiary alicyclic amines) is 1. The first-order valence-electron chi connectivity index (χ1n) is 6.20. The first-order chi connectivity index (χ1) is 8.08. The van der Waals surface area contributed by atoms with E-state index >= 15 is 0 Å². The van der Waals surface area contributed by atoms with E-state index in [0.717, 1.165) is 12.6 Å². The maximum absolute atomic E-state index is 3.69. The van der Waals surface area contributed by atoms with Crippen molar-refractivity contribution in [3.8, 4) is 0 Å². The van der Waals surface area contributed by atoms with Crippen LogP contribution >= 0.6 is 15.9 Å². The van der Waals surface area contributed by atoms with Crippen molar-refractivity contribution in [1.82, 2.24) is 9.80 Å². The summed E-state index contributed by atoms with van der Waals surface area (Å²) < 4.78 is 1.27. The molecule has 0 amide bonds. The Morgan fingerprint density at radius 3 is 2.82 bits per heavy atom. The molecule has 17 heavy (non-hydrogen) atoms. The molecule has 94 valence electrons. The van der Waals surface area contributed by atoms with Crippen molar-refractivity contribution < 1.29 is 0 Å². The predicted molar refractivity (Wildman–Crippen MR) is 76.2 cm³/mol. The van der Waals surface area contributed by atoms with Crippen molar-refractivity contribution in [2.45, 2.75) is 25.9 Å². The Balaban J connectivity index is 2.00. The van der Waals surface area contributed by atoms with Gasteiger partial charge in [-0.15, -0.1) is 0 Å². The molecule has 0 bridgehead atoms. The molecule has 1 saturated heterocycles. The number of rotatable bonds is 3. The van der Waals surface area contributed by atoms with Crippen molar-refractivity contribution in [1.29, 1.82) is 0 Å². The number of benzene rings is 1. The summed E-state index contributed by atoms with van der Waals surface area (Å²) in [6.45, 7) is 5.61. The molecular formula is C14H21BrN2. The second-order valence-electron chi connectivity index (χ2n) is 5.19. The first-order valence-corrected chi connectivity index (χ1v) is 7.00. The van der Waals surface area contributed by atoms with E-state index in [4.69, 9.17) is 0 Å². The molecule has 1 aliphatic rings. The van der Waals surface area contributed by atoms with Gasteiger partial charge in [0, 0.05) is 30.1 Å². The Hall–Kier alpha value is -0.380. The number of hydrogen-bond acceptors (Lipinski definition) is 2. The molecule has 1 aromatic rings. The first kappa shape index (κ1) is 13.1. The largest absolute Gasteiger partial charge is 0.305 e. The van der Waals surface area contributed by atoms with Crippen LogP contribution in [0.2, 0.25) is 0 Å². The highest BCUT2D eigenvalue weighted by Crippen LogP contribution is 2.24. The average Bonchev–Trinajstić information content (AvgIpc) is 2.73. The van der Waals surface area contributed by atoms with Gasteiger partial charge in [-0.2, -0.15) is 0 Å². The van der Waals surface area contributed by atoms with Gasteiger partial charge in [0.25, 0.3) is 0 Å². The van der Waals surface area contributed by atoms with Crippen LogP contribution in [0.25, 0.3) is 0 Å². The number of nitrogens with zero attached hydrogens (tertiary/aromatic N) is 2. The van der Waals surface area contributed by atoms with Crippen molar-refractivity contribution in [3.63, 3.8) is 0 Å². The fraction of sp³-hybridized carbons (Fsp3) is 0.571. The Bertz CT molecular complexity index is 390. The van der Waals surface area contributed by atoms with Crippen LogP contribution in [0.1, 0.15) is 17.5 Å². The van der Waals surface area contributed by atoms with E-state index in [9.17, 15) is 0 Å². The van der Waals surface area contributed by atoms with Gasteiger partial charge in [0.1, 0.15) is 0 Å². The normalized spacial score (nSPS) is 21.4. The summed E-state index contributed by atoms with van der Waals surface area (Å²) in [6.07, 6.45) is 1.29. The maximum Gasteiger partial charge on any atom is 0.0249 e. The van der Waals surface area contributed by atoms with Gasteiger partial charge >= 0.3 is 0 Å². The number of likely N-dealkylation sites (N-methyl/N-ethyl adjacent to an activating group) is 1. The third-order valence-electron chi connectivity index (χ3n) is 3.64. The number of halogens is 1. The molecule has 0 N–H and O–H groups in total. The van der Waals surface area contributed by atoms with E-state index in [1.165, 1.54) is 35.1 Å². The van der Waals surface area contributed by atoms with Gasteiger partial charge in [0.15, 0.2) is 0 Å². The highest BCUT2D eigenvalue weighted by atomic mass is 79.9. The summed E-state index contributed by atoms with van der Waals surface area (Å²) in [5.74, 6) is 0. The second kappa shape index (κ2) is 5.51. The summed E-state index contributed by atoms with van der Waals surface area (Å²) in [7, 11) is 4.35. The molecule has 0 radical (unpaired) electrons. The zero-order valence-electron chi connectivity index (χ0n) is 10.9. The lowest BCUT2D eigenvalue weighted by molar-refractivity contribution is 0.264. The lowest BCUT2D eigenvalue weighted by atomic mass is 10.1. The summed E-state index contributed by atoms with van der Waals surface area (Å²) >= 11 is 3.69. The molecule has 0 saturated carbocycles. The monoisotopic (exact) mass is 296 g/mol. The highest BCUT2D eigenvalue weighted by Gasteiger charge is 2.24. The summed E-state index contributed by atoms with van der Waals surface area (Å²) in [5.41, 5.74) is 2.73. The lowest BCUT2D eigenvalue weighted by Gasteiger charge is -2.21. The van der Waals surface area contributed by atoms with Crippen molar-refractivity contribution in [2.24, 2.45) is 0 Å². The fourth-order valence-corrected chi connectivity index (χ4v) is 2.84. The Labute approximate surface area is 113 Å². The van der Waals surface area contributed by atoms with Crippen molar-refractivity contribution >= 4 is 15.9 Å². The summed E-state index contributed by atoms with van der Waals surface area (Å²) in [4.78, 5) is 4.88. The standard InChI is InChI=1S/C14H21BrN2/c1-11-5-4-6-12(14(11)15)9-17-8-7-13(10-17)16(2)3/h4-6,13H,7-10H2,1-3H3. The van der Waals surface area contributed by atoms with E-state index in [2.05, 4.69) is 64.9 Å². The van der Waals surface area contributed by atoms with Crippen LogP contribution in [0.3, 0.4) is 0 Å². The van der Waals surface area contributed by atoms with Gasteiger partial charge in [0.2, 0.25) is 0 Å². The van der Waals surface area contributed by atoms with Gasteiger partial charge in [-0.3, -0.25) is 4.90 Å². The van der Waals surface area contributed by atoms with Crippen LogP contribution in [-0.4, -0.2) is 43.0 Å². The molecule has 0 aromatic heterocycles. The molecule has 0 spiro atoms. The third-order valence-corrected chi connectivity index (χ3v) is 4.78. The lowest BCUT2D eigenvalue weighted by Crippen LogP contribution is -2.31. The minimum Gasteiger partial charge on any atom is -0.305 e. The van der Waals surface area contributed by atoms with Crippen molar-refractivity contribution in [3.05, 3.63) is 33.8 Å². The highest BCUT2D eigenvalue weighted by molar-refractivity contribution is 9.10. The van der Waals surface area contributed by atoms with Crippen LogP contribution in [-0.2, 0) is 6.54 Å². The molecule has 3 heteroatoms. The van der Waals surface area contributed by atoms with E-state index in [1.54, 1.807) is 0 Å². The van der Waals surface area contributed by atoms with Crippen LogP contribution in [0.4, 0.5) is 0 Å². The van der Waals surface area contributed by atoms with Gasteiger partial charge in [-0.25, -0.2) is 0 Å². The van der Waals surface area contributed by atoms with Gasteiger partial charge in [0.05, 0.1) is 0 Å². The summed E-state index contributed by atoms with van der Waals surface area (Å²) in [5, 5.41) is 0. The average molecular weight is 297 g/mol. The SMILES string of the molecule is Cc1cccc(CN2CCC(N(C)C)C2)c1Br. The van der Waals surface area contributed by atoms with E-state index in [1.807, 2.05) is 0 Å². The molecule has 1 aliphatic heterocycles. The number of aryl methyl sites for hydroxylation is 1. The molecule has 1 aromatic carbocycles. The van der Waals surface area contributed by atoms with Crippen LogP contribution in [0.15, 0.2) is 22.7 Å². The number of hydrogen-bond donors (Lipinski definition) is 0. The van der Waals surface area contributed by atoms with Crippen LogP contribution < -0.4 is 0 Å². The molecular weight excluding hydrogens is 276 g/mol. The molecule has 1 unspecified atom stereocenters. The smallest absolute Gasteiger partial charge is 0.0249 e. The Morgan fingerprint density at radius 1 is 1.41 bits per heavy atom. The third kappa shape index (κ3) is 3.09. The predicted octanol–water partition coefficient (Wildman–Crippen LogP) is 2.89. The minimum atomic E-state index is 0.721. The van der Waals surface area contributed by atoms with Crippen LogP contribution in [0.5, 0.6) is 0 Å². The molecule has 1 atom stereocenters. The van der Waals surface area contributed by atoms with Crippen molar-refractivity contribution in [2.75, 3.05) is 27.2 Å². The van der Waals surface area contributed by atoms with E-state index in [-0.39, 0.29) is 0 Å². The molecule has 2 rings (SSSR count). The zero-order valence-corrected chi connectivity index (χ0v) is 12.5. The molecule has 1 fully saturated rings.